The first-order chi connectivity index (χ1) is 27.8. The minimum absolute atomic E-state index is 0.0267. The number of imidazole rings is 1. The Morgan fingerprint density at radius 2 is 1.50 bits per heavy atom. The minimum Gasteiger partial charge on any atom is -0.508 e. The molecule has 304 valence electrons. The van der Waals surface area contributed by atoms with E-state index in [4.69, 9.17) is 11.5 Å². The van der Waals surface area contributed by atoms with Crippen molar-refractivity contribution < 1.29 is 33.9 Å². The Balaban J connectivity index is 1.35. The van der Waals surface area contributed by atoms with Crippen molar-refractivity contribution >= 4 is 46.1 Å². The van der Waals surface area contributed by atoms with Gasteiger partial charge in [-0.15, -0.1) is 0 Å². The average molecular weight is 791 g/mol. The summed E-state index contributed by atoms with van der Waals surface area (Å²) in [6, 6.07) is 19.0. The van der Waals surface area contributed by atoms with Crippen molar-refractivity contribution in [2.45, 2.75) is 70.6 Å². The molecule has 5 aromatic rings. The molecule has 5 atom stereocenters. The molecule has 4 amide bonds. The van der Waals surface area contributed by atoms with E-state index in [9.17, 15) is 33.9 Å². The Morgan fingerprint density at radius 1 is 0.793 bits per heavy atom. The van der Waals surface area contributed by atoms with E-state index in [1.807, 2.05) is 54.6 Å². The van der Waals surface area contributed by atoms with Crippen molar-refractivity contribution in [2.75, 3.05) is 6.54 Å². The summed E-state index contributed by atoms with van der Waals surface area (Å²) in [5.74, 6) is -4.17. The number of benzene rings is 3. The number of carbonyl (C=O) groups excluding carboxylic acids is 6. The highest BCUT2D eigenvalue weighted by molar-refractivity contribution is 5.96. The molecule has 58 heavy (non-hydrogen) atoms. The van der Waals surface area contributed by atoms with Crippen LogP contribution in [0.2, 0.25) is 0 Å². The maximum atomic E-state index is 14.3. The summed E-state index contributed by atoms with van der Waals surface area (Å²) in [4.78, 5) is 92.0. The average Bonchev–Trinajstić information content (AvgIpc) is 3.88. The molecule has 2 aromatic heterocycles. The van der Waals surface area contributed by atoms with Gasteiger partial charge in [-0.05, 0) is 54.7 Å². The molecular formula is C43H50N8O7. The molecule has 0 aliphatic heterocycles. The number of urea groups is 1. The molecule has 0 aliphatic rings. The van der Waals surface area contributed by atoms with Crippen LogP contribution in [-0.4, -0.2) is 84.8 Å². The summed E-state index contributed by atoms with van der Waals surface area (Å²) in [6.45, 7) is 2.64. The number of phenolic OH excluding ortho intramolecular Hbond substituents is 1. The number of aromatic hydroxyl groups is 1. The fourth-order valence-electron chi connectivity index (χ4n) is 6.60. The largest absolute Gasteiger partial charge is 0.508 e. The number of nitrogens with zero attached hydrogens (tertiary/aromatic N) is 2. The van der Waals surface area contributed by atoms with Crippen LogP contribution in [0, 0.1) is 11.8 Å². The van der Waals surface area contributed by atoms with Crippen LogP contribution in [0.5, 0.6) is 5.75 Å². The van der Waals surface area contributed by atoms with E-state index >= 15 is 0 Å². The standard InChI is InChI=1S/C43H50N8O7/c1-26(41(45)56)16-39(54)37(17-28-8-4-3-5-9-28)50-42(57)30(18-31-21-47-36-11-7-6-10-34(31)36)19-38(53)27(2)49-43(58)51(23-29-12-14-33(52)15-13-29)24-40(55)35(44)20-32-22-46-25-48-32/h3-15,21-22,25-27,30,35,37,47,52H,16-20,23-24,44H2,1-2H3,(H2,45,56)(H,46,48)(H,49,58)(H,50,57)/t26-,27+,30-,35+,37-/m1/s1. The smallest absolute Gasteiger partial charge is 0.318 e. The number of nitrogens with two attached hydrogens (primary N) is 2. The zero-order chi connectivity index (χ0) is 41.8. The van der Waals surface area contributed by atoms with Gasteiger partial charge in [0.2, 0.25) is 11.8 Å². The van der Waals surface area contributed by atoms with Gasteiger partial charge >= 0.3 is 6.03 Å². The van der Waals surface area contributed by atoms with Gasteiger partial charge in [0, 0.05) is 66.6 Å². The number of Topliss-reactive ketones (excluding diaryl/α,β-unsaturated/α-hetero) is 3. The van der Waals surface area contributed by atoms with Crippen molar-refractivity contribution in [1.82, 2.24) is 30.5 Å². The van der Waals surface area contributed by atoms with E-state index in [1.54, 1.807) is 31.5 Å². The summed E-state index contributed by atoms with van der Waals surface area (Å²) in [5, 5.41) is 16.2. The molecule has 9 N–H and O–H groups in total. The molecule has 0 saturated carbocycles. The van der Waals surface area contributed by atoms with Crippen molar-refractivity contribution in [3.05, 3.63) is 120 Å². The predicted molar refractivity (Wildman–Crippen MR) is 217 cm³/mol. The molecule has 0 radical (unpaired) electrons. The minimum atomic E-state index is -1.10. The lowest BCUT2D eigenvalue weighted by Crippen LogP contribution is -2.51. The number of primary amides is 1. The normalized spacial score (nSPS) is 13.8. The lowest BCUT2D eigenvalue weighted by Gasteiger charge is -2.26. The lowest BCUT2D eigenvalue weighted by atomic mass is 9.90. The molecule has 0 spiro atoms. The number of amides is 4. The molecule has 3 aromatic carbocycles. The van der Waals surface area contributed by atoms with Crippen LogP contribution in [0.4, 0.5) is 4.79 Å². The maximum absolute atomic E-state index is 14.3. The number of H-pyrrole nitrogens is 2. The van der Waals surface area contributed by atoms with E-state index in [0.29, 0.717) is 11.3 Å². The third-order valence-corrected chi connectivity index (χ3v) is 10.1. The van der Waals surface area contributed by atoms with Gasteiger partial charge in [0.1, 0.15) is 5.75 Å². The number of rotatable bonds is 21. The molecule has 0 unspecified atom stereocenters. The Bertz CT molecular complexity index is 2190. The molecule has 0 fully saturated rings. The van der Waals surface area contributed by atoms with Crippen LogP contribution in [0.1, 0.15) is 49.1 Å². The third kappa shape index (κ3) is 11.9. The van der Waals surface area contributed by atoms with Crippen molar-refractivity contribution in [1.29, 1.82) is 0 Å². The summed E-state index contributed by atoms with van der Waals surface area (Å²) in [5.41, 5.74) is 15.3. The van der Waals surface area contributed by atoms with E-state index in [-0.39, 0.29) is 56.7 Å². The Labute approximate surface area is 336 Å². The second-order valence-electron chi connectivity index (χ2n) is 14.7. The molecule has 15 heteroatoms. The van der Waals surface area contributed by atoms with Gasteiger partial charge in [-0.2, -0.15) is 0 Å². The summed E-state index contributed by atoms with van der Waals surface area (Å²) < 4.78 is 0. The zero-order valence-corrected chi connectivity index (χ0v) is 32.5. The van der Waals surface area contributed by atoms with Gasteiger partial charge in [0.25, 0.3) is 0 Å². The molecule has 0 saturated heterocycles. The summed E-state index contributed by atoms with van der Waals surface area (Å²) >= 11 is 0. The first kappa shape index (κ1) is 42.5. The zero-order valence-electron chi connectivity index (χ0n) is 32.5. The first-order valence-corrected chi connectivity index (χ1v) is 19.1. The molecule has 15 nitrogen and oxygen atoms in total. The van der Waals surface area contributed by atoms with E-state index in [1.165, 1.54) is 30.3 Å². The van der Waals surface area contributed by atoms with Gasteiger partial charge in [-0.3, -0.25) is 24.0 Å². The van der Waals surface area contributed by atoms with Crippen molar-refractivity contribution in [3.63, 3.8) is 0 Å². The highest BCUT2D eigenvalue weighted by Gasteiger charge is 2.32. The number of hydrogen-bond acceptors (Lipinski definition) is 9. The molecule has 5 rings (SSSR count). The fourth-order valence-corrected chi connectivity index (χ4v) is 6.60. The van der Waals surface area contributed by atoms with E-state index < -0.39 is 59.4 Å². The number of nitrogens with one attached hydrogen (secondary N) is 4. The van der Waals surface area contributed by atoms with Gasteiger partial charge in [-0.25, -0.2) is 9.78 Å². The van der Waals surface area contributed by atoms with E-state index in [2.05, 4.69) is 25.6 Å². The van der Waals surface area contributed by atoms with Crippen LogP contribution in [0.15, 0.2) is 97.6 Å². The number of phenols is 1. The number of hydrogen-bond donors (Lipinski definition) is 7. The molecule has 0 aliphatic carbocycles. The summed E-state index contributed by atoms with van der Waals surface area (Å²) in [7, 11) is 0. The van der Waals surface area contributed by atoms with Crippen LogP contribution < -0.4 is 22.1 Å². The van der Waals surface area contributed by atoms with Crippen LogP contribution in [-0.2, 0) is 49.8 Å². The molecule has 0 bridgehead atoms. The number of fused-ring (bicyclic) bond motifs is 1. The second kappa shape index (κ2) is 20.0. The maximum Gasteiger partial charge on any atom is 0.318 e. The topological polar surface area (TPSA) is 246 Å². The van der Waals surface area contributed by atoms with Crippen molar-refractivity contribution in [3.8, 4) is 5.75 Å². The van der Waals surface area contributed by atoms with Crippen LogP contribution >= 0.6 is 0 Å². The van der Waals surface area contributed by atoms with Gasteiger partial charge in [0.15, 0.2) is 17.3 Å². The number of carbonyl (C=O) groups is 6. The Kier molecular flexibility index (Phi) is 14.7. The number of para-hydroxylation sites is 1. The highest BCUT2D eigenvalue weighted by atomic mass is 16.3. The van der Waals surface area contributed by atoms with Gasteiger partial charge in [-0.1, -0.05) is 67.6 Å². The SMILES string of the molecule is C[C@H](CC(=O)[C@@H](Cc1ccccc1)NC(=O)[C@@H](CC(=O)[C@H](C)NC(=O)N(CC(=O)[C@@H](N)Cc1cnc[nH]1)Cc1ccc(O)cc1)Cc1c[nH]c2ccccc12)C(N)=O. The quantitative estimate of drug-likeness (QED) is 0.0576. The fraction of sp³-hybridized carbons (Fsp3) is 0.326. The summed E-state index contributed by atoms with van der Waals surface area (Å²) in [6.07, 6.45) is 4.77. The lowest BCUT2D eigenvalue weighted by molar-refractivity contribution is -0.133. The first-order valence-electron chi connectivity index (χ1n) is 19.1. The third-order valence-electron chi connectivity index (χ3n) is 10.1. The van der Waals surface area contributed by atoms with E-state index in [0.717, 1.165) is 22.0 Å². The highest BCUT2D eigenvalue weighted by Crippen LogP contribution is 2.24. The second-order valence-corrected chi connectivity index (χ2v) is 14.7. The van der Waals surface area contributed by atoms with Gasteiger partial charge < -0.3 is 42.1 Å². The number of aromatic amines is 2. The number of aromatic nitrogens is 3. The molecule has 2 heterocycles. The Morgan fingerprint density at radius 3 is 2.19 bits per heavy atom. The molecular weight excluding hydrogens is 741 g/mol. The van der Waals surface area contributed by atoms with Crippen LogP contribution in [0.25, 0.3) is 10.9 Å². The van der Waals surface area contributed by atoms with Gasteiger partial charge in [0.05, 0.1) is 31.0 Å². The monoisotopic (exact) mass is 790 g/mol. The predicted octanol–water partition coefficient (Wildman–Crippen LogP) is 3.26. The van der Waals surface area contributed by atoms with Crippen molar-refractivity contribution in [2.24, 2.45) is 23.3 Å². The Hall–Kier alpha value is -6.61. The number of ketones is 3. The van der Waals surface area contributed by atoms with Crippen LogP contribution in [0.3, 0.4) is 0 Å².